The second-order valence-corrected chi connectivity index (χ2v) is 4.90. The van der Waals surface area contributed by atoms with Crippen molar-refractivity contribution >= 4 is 5.91 Å². The van der Waals surface area contributed by atoms with Crippen molar-refractivity contribution in [3.8, 4) is 0 Å². The van der Waals surface area contributed by atoms with E-state index in [1.165, 1.54) is 19.3 Å². The summed E-state index contributed by atoms with van der Waals surface area (Å²) < 4.78 is 0. The molecule has 0 aromatic rings. The molecule has 1 fully saturated rings. The SMILES string of the molecule is CCCC(CN)C(=O)N1CCC(CC)CC1. The zero-order valence-corrected chi connectivity index (χ0v) is 10.7. The average Bonchev–Trinajstić information content (AvgIpc) is 2.35. The highest BCUT2D eigenvalue weighted by molar-refractivity contribution is 5.79. The second-order valence-electron chi connectivity index (χ2n) is 4.90. The fourth-order valence-electron chi connectivity index (χ4n) is 2.51. The number of hydrogen-bond acceptors (Lipinski definition) is 2. The molecule has 1 saturated heterocycles. The highest BCUT2D eigenvalue weighted by Gasteiger charge is 2.26. The van der Waals surface area contributed by atoms with E-state index in [1.807, 2.05) is 4.90 Å². The van der Waals surface area contributed by atoms with E-state index in [9.17, 15) is 4.79 Å². The van der Waals surface area contributed by atoms with Crippen molar-refractivity contribution in [1.29, 1.82) is 0 Å². The van der Waals surface area contributed by atoms with E-state index in [0.717, 1.165) is 31.8 Å². The lowest BCUT2D eigenvalue weighted by molar-refractivity contribution is -0.136. The van der Waals surface area contributed by atoms with Crippen molar-refractivity contribution in [3.05, 3.63) is 0 Å². The molecular weight excluding hydrogens is 200 g/mol. The summed E-state index contributed by atoms with van der Waals surface area (Å²) >= 11 is 0. The van der Waals surface area contributed by atoms with Crippen LogP contribution in [-0.4, -0.2) is 30.4 Å². The van der Waals surface area contributed by atoms with Gasteiger partial charge in [-0.1, -0.05) is 26.7 Å². The molecule has 1 amide bonds. The quantitative estimate of drug-likeness (QED) is 0.779. The van der Waals surface area contributed by atoms with Gasteiger partial charge in [-0.2, -0.15) is 0 Å². The van der Waals surface area contributed by atoms with Gasteiger partial charge in [-0.15, -0.1) is 0 Å². The number of likely N-dealkylation sites (tertiary alicyclic amines) is 1. The molecule has 1 unspecified atom stereocenters. The molecule has 0 radical (unpaired) electrons. The van der Waals surface area contributed by atoms with Crippen LogP contribution in [-0.2, 0) is 4.79 Å². The molecule has 3 heteroatoms. The Hall–Kier alpha value is -0.570. The van der Waals surface area contributed by atoms with Gasteiger partial charge < -0.3 is 10.6 Å². The number of nitrogens with zero attached hydrogens (tertiary/aromatic N) is 1. The van der Waals surface area contributed by atoms with Crippen molar-refractivity contribution < 1.29 is 4.79 Å². The second kappa shape index (κ2) is 6.89. The predicted octanol–water partition coefficient (Wildman–Crippen LogP) is 2.01. The number of rotatable bonds is 5. The predicted molar refractivity (Wildman–Crippen MR) is 67.0 cm³/mol. The molecule has 2 N–H and O–H groups in total. The lowest BCUT2D eigenvalue weighted by Gasteiger charge is -2.33. The van der Waals surface area contributed by atoms with Gasteiger partial charge >= 0.3 is 0 Å². The Morgan fingerprint density at radius 1 is 1.38 bits per heavy atom. The molecule has 1 rings (SSSR count). The molecular formula is C13H26N2O. The van der Waals surface area contributed by atoms with Crippen LogP contribution in [0.5, 0.6) is 0 Å². The van der Waals surface area contributed by atoms with Crippen LogP contribution in [0.1, 0.15) is 46.0 Å². The summed E-state index contributed by atoms with van der Waals surface area (Å²) in [7, 11) is 0. The van der Waals surface area contributed by atoms with Crippen LogP contribution in [0.25, 0.3) is 0 Å². The van der Waals surface area contributed by atoms with Crippen LogP contribution < -0.4 is 5.73 Å². The van der Waals surface area contributed by atoms with Crippen LogP contribution in [0.4, 0.5) is 0 Å². The Bertz CT molecular complexity index is 210. The first kappa shape index (κ1) is 13.5. The van der Waals surface area contributed by atoms with Crippen molar-refractivity contribution in [2.75, 3.05) is 19.6 Å². The molecule has 3 nitrogen and oxygen atoms in total. The number of hydrogen-bond donors (Lipinski definition) is 1. The van der Waals surface area contributed by atoms with E-state index in [2.05, 4.69) is 13.8 Å². The Labute approximate surface area is 99.4 Å². The maximum atomic E-state index is 12.2. The fourth-order valence-corrected chi connectivity index (χ4v) is 2.51. The summed E-state index contributed by atoms with van der Waals surface area (Å²) in [5.41, 5.74) is 5.67. The number of amides is 1. The molecule has 1 heterocycles. The van der Waals surface area contributed by atoms with Crippen molar-refractivity contribution in [1.82, 2.24) is 4.90 Å². The lowest BCUT2D eigenvalue weighted by atomic mass is 9.93. The molecule has 0 spiro atoms. The zero-order valence-electron chi connectivity index (χ0n) is 10.7. The minimum Gasteiger partial charge on any atom is -0.342 e. The van der Waals surface area contributed by atoms with Crippen LogP contribution in [0.3, 0.4) is 0 Å². The van der Waals surface area contributed by atoms with Gasteiger partial charge in [0.25, 0.3) is 0 Å². The van der Waals surface area contributed by atoms with Crippen molar-refractivity contribution in [2.45, 2.75) is 46.0 Å². The first-order valence-electron chi connectivity index (χ1n) is 6.71. The smallest absolute Gasteiger partial charge is 0.226 e. The van der Waals surface area contributed by atoms with Crippen molar-refractivity contribution in [3.63, 3.8) is 0 Å². The number of carbonyl (C=O) groups excluding carboxylic acids is 1. The first-order valence-corrected chi connectivity index (χ1v) is 6.71. The van der Waals surface area contributed by atoms with Crippen LogP contribution in [0, 0.1) is 11.8 Å². The Morgan fingerprint density at radius 2 is 2.00 bits per heavy atom. The van der Waals surface area contributed by atoms with E-state index in [1.54, 1.807) is 0 Å². The average molecular weight is 226 g/mol. The summed E-state index contributed by atoms with van der Waals surface area (Å²) in [6.45, 7) is 6.73. The maximum absolute atomic E-state index is 12.2. The molecule has 0 aromatic heterocycles. The standard InChI is InChI=1S/C13H26N2O/c1-3-5-12(10-14)13(16)15-8-6-11(4-2)7-9-15/h11-12H,3-10,14H2,1-2H3. The molecule has 1 aliphatic rings. The topological polar surface area (TPSA) is 46.3 Å². The van der Waals surface area contributed by atoms with Crippen LogP contribution in [0.15, 0.2) is 0 Å². The molecule has 0 bridgehead atoms. The molecule has 0 saturated carbocycles. The largest absolute Gasteiger partial charge is 0.342 e. The van der Waals surface area contributed by atoms with E-state index >= 15 is 0 Å². The fraction of sp³-hybridized carbons (Fsp3) is 0.923. The number of nitrogens with two attached hydrogens (primary N) is 1. The monoisotopic (exact) mass is 226 g/mol. The van der Waals surface area contributed by atoms with Gasteiger partial charge in [0.2, 0.25) is 5.91 Å². The lowest BCUT2D eigenvalue weighted by Crippen LogP contribution is -2.43. The number of carbonyl (C=O) groups is 1. The minimum atomic E-state index is 0.0585. The summed E-state index contributed by atoms with van der Waals surface area (Å²) in [4.78, 5) is 14.2. The normalized spacial score (nSPS) is 19.8. The highest BCUT2D eigenvalue weighted by Crippen LogP contribution is 2.21. The summed E-state index contributed by atoms with van der Waals surface area (Å²) in [5, 5.41) is 0. The summed E-state index contributed by atoms with van der Waals surface area (Å²) in [5.74, 6) is 1.17. The van der Waals surface area contributed by atoms with E-state index in [0.29, 0.717) is 12.5 Å². The zero-order chi connectivity index (χ0) is 12.0. The van der Waals surface area contributed by atoms with Gasteiger partial charge in [0, 0.05) is 19.6 Å². The third-order valence-corrected chi connectivity index (χ3v) is 3.77. The van der Waals surface area contributed by atoms with E-state index in [-0.39, 0.29) is 5.92 Å². The van der Waals surface area contributed by atoms with Gasteiger partial charge in [0.05, 0.1) is 5.92 Å². The first-order chi connectivity index (χ1) is 7.72. The molecule has 94 valence electrons. The Kier molecular flexibility index (Phi) is 5.81. The van der Waals surface area contributed by atoms with Crippen LogP contribution >= 0.6 is 0 Å². The van der Waals surface area contributed by atoms with Gasteiger partial charge in [-0.25, -0.2) is 0 Å². The van der Waals surface area contributed by atoms with Gasteiger partial charge in [-0.05, 0) is 25.2 Å². The molecule has 0 aromatic carbocycles. The number of piperidine rings is 1. The summed E-state index contributed by atoms with van der Waals surface area (Å²) in [6.07, 6.45) is 5.57. The third-order valence-electron chi connectivity index (χ3n) is 3.77. The van der Waals surface area contributed by atoms with Gasteiger partial charge in [-0.3, -0.25) is 4.79 Å². The molecule has 1 atom stereocenters. The van der Waals surface area contributed by atoms with E-state index < -0.39 is 0 Å². The van der Waals surface area contributed by atoms with Crippen LogP contribution in [0.2, 0.25) is 0 Å². The van der Waals surface area contributed by atoms with Gasteiger partial charge in [0.1, 0.15) is 0 Å². The third kappa shape index (κ3) is 3.48. The van der Waals surface area contributed by atoms with Gasteiger partial charge in [0.15, 0.2) is 0 Å². The molecule has 1 aliphatic heterocycles. The highest BCUT2D eigenvalue weighted by atomic mass is 16.2. The minimum absolute atomic E-state index is 0.0585. The Balaban J connectivity index is 2.42. The van der Waals surface area contributed by atoms with E-state index in [4.69, 9.17) is 5.73 Å². The van der Waals surface area contributed by atoms with Crippen molar-refractivity contribution in [2.24, 2.45) is 17.6 Å². The summed E-state index contributed by atoms with van der Waals surface area (Å²) in [6, 6.07) is 0. The maximum Gasteiger partial charge on any atom is 0.226 e. The molecule has 16 heavy (non-hydrogen) atoms. The Morgan fingerprint density at radius 3 is 2.44 bits per heavy atom. The molecule has 0 aliphatic carbocycles.